The maximum Gasteiger partial charge on any atom is 0.191 e. The van der Waals surface area contributed by atoms with Crippen LogP contribution < -0.4 is 15.4 Å². The van der Waals surface area contributed by atoms with Crippen molar-refractivity contribution in [2.75, 3.05) is 26.7 Å². The van der Waals surface area contributed by atoms with Gasteiger partial charge in [0.1, 0.15) is 0 Å². The van der Waals surface area contributed by atoms with Crippen molar-refractivity contribution in [3.05, 3.63) is 29.6 Å². The predicted molar refractivity (Wildman–Crippen MR) is 85.0 cm³/mol. The molecule has 0 saturated carbocycles. The van der Waals surface area contributed by atoms with Crippen molar-refractivity contribution in [1.29, 1.82) is 0 Å². The molecule has 0 radical (unpaired) electrons. The Morgan fingerprint density at radius 2 is 2.32 bits per heavy atom. The maximum absolute atomic E-state index is 13.5. The van der Waals surface area contributed by atoms with E-state index in [0.717, 1.165) is 44.0 Å². The topological polar surface area (TPSA) is 45.6 Å². The number of guanidine groups is 1. The SMILES string of the molecule is COc1ccc(CCNC2=NCCCN2)cc1F.I. The molecule has 106 valence electrons. The number of benzene rings is 1. The van der Waals surface area contributed by atoms with Crippen LogP contribution >= 0.6 is 24.0 Å². The number of nitrogens with one attached hydrogen (secondary N) is 2. The molecule has 2 rings (SSSR count). The van der Waals surface area contributed by atoms with Crippen LogP contribution in [0.5, 0.6) is 5.75 Å². The molecule has 1 aromatic carbocycles. The summed E-state index contributed by atoms with van der Waals surface area (Å²) in [6.45, 7) is 2.56. The lowest BCUT2D eigenvalue weighted by Crippen LogP contribution is -2.41. The van der Waals surface area contributed by atoms with E-state index in [1.165, 1.54) is 13.2 Å². The van der Waals surface area contributed by atoms with E-state index in [1.807, 2.05) is 6.07 Å². The fourth-order valence-electron chi connectivity index (χ4n) is 1.84. The first-order chi connectivity index (χ1) is 8.79. The van der Waals surface area contributed by atoms with E-state index in [4.69, 9.17) is 4.74 Å². The number of halogens is 2. The third kappa shape index (κ3) is 4.85. The summed E-state index contributed by atoms with van der Waals surface area (Å²) in [7, 11) is 1.46. The molecule has 1 aliphatic rings. The molecule has 0 unspecified atom stereocenters. The Hall–Kier alpha value is -1.05. The van der Waals surface area contributed by atoms with Crippen LogP contribution in [-0.2, 0) is 6.42 Å². The molecule has 1 aliphatic heterocycles. The highest BCUT2D eigenvalue weighted by Gasteiger charge is 2.05. The van der Waals surface area contributed by atoms with Gasteiger partial charge in [0.25, 0.3) is 0 Å². The van der Waals surface area contributed by atoms with Gasteiger partial charge in [-0.1, -0.05) is 6.07 Å². The standard InChI is InChI=1S/C13H18FN3O.HI/c1-18-12-4-3-10(9-11(12)14)5-8-17-13-15-6-2-7-16-13;/h3-4,9H,2,5-8H2,1H3,(H2,15,16,17);1H. The summed E-state index contributed by atoms with van der Waals surface area (Å²) < 4.78 is 18.3. The molecule has 1 heterocycles. The van der Waals surface area contributed by atoms with Gasteiger partial charge in [0.05, 0.1) is 7.11 Å². The molecule has 6 heteroatoms. The Labute approximate surface area is 129 Å². The second kappa shape index (κ2) is 8.19. The Kier molecular flexibility index (Phi) is 6.90. The molecule has 2 N–H and O–H groups in total. The minimum absolute atomic E-state index is 0. The Balaban J connectivity index is 0.00000180. The monoisotopic (exact) mass is 379 g/mol. The Morgan fingerprint density at radius 3 is 2.95 bits per heavy atom. The third-order valence-electron chi connectivity index (χ3n) is 2.82. The van der Waals surface area contributed by atoms with Crippen LogP contribution in [-0.4, -0.2) is 32.7 Å². The predicted octanol–water partition coefficient (Wildman–Crippen LogP) is 1.93. The van der Waals surface area contributed by atoms with Gasteiger partial charge in [-0.3, -0.25) is 4.99 Å². The molecule has 19 heavy (non-hydrogen) atoms. The van der Waals surface area contributed by atoms with Gasteiger partial charge in [-0.2, -0.15) is 0 Å². The summed E-state index contributed by atoms with van der Waals surface area (Å²) in [4.78, 5) is 4.31. The van der Waals surface area contributed by atoms with Crippen LogP contribution in [0.1, 0.15) is 12.0 Å². The molecule has 0 spiro atoms. The Bertz CT molecular complexity index is 440. The van der Waals surface area contributed by atoms with E-state index in [9.17, 15) is 4.39 Å². The maximum atomic E-state index is 13.5. The van der Waals surface area contributed by atoms with Gasteiger partial charge in [-0.15, -0.1) is 24.0 Å². The number of hydrogen-bond acceptors (Lipinski definition) is 4. The van der Waals surface area contributed by atoms with Crippen molar-refractivity contribution in [3.63, 3.8) is 0 Å². The summed E-state index contributed by atoms with van der Waals surface area (Å²) >= 11 is 0. The van der Waals surface area contributed by atoms with Gasteiger partial charge in [-0.25, -0.2) is 4.39 Å². The van der Waals surface area contributed by atoms with Gasteiger partial charge in [-0.05, 0) is 30.5 Å². The van der Waals surface area contributed by atoms with Crippen LogP contribution in [0.15, 0.2) is 23.2 Å². The molecule has 0 fully saturated rings. The highest BCUT2D eigenvalue weighted by molar-refractivity contribution is 14.0. The van der Waals surface area contributed by atoms with Crippen molar-refractivity contribution in [1.82, 2.24) is 10.6 Å². The van der Waals surface area contributed by atoms with E-state index in [2.05, 4.69) is 15.6 Å². The zero-order valence-corrected chi connectivity index (χ0v) is 13.2. The van der Waals surface area contributed by atoms with Crippen LogP contribution in [0, 0.1) is 5.82 Å². The summed E-state index contributed by atoms with van der Waals surface area (Å²) in [6.07, 6.45) is 1.83. The van der Waals surface area contributed by atoms with Crippen molar-refractivity contribution >= 4 is 29.9 Å². The minimum Gasteiger partial charge on any atom is -0.494 e. The molecular formula is C13H19FIN3O. The molecular weight excluding hydrogens is 360 g/mol. The summed E-state index contributed by atoms with van der Waals surface area (Å²) in [5, 5.41) is 6.38. The van der Waals surface area contributed by atoms with E-state index in [0.29, 0.717) is 0 Å². The molecule has 0 aliphatic carbocycles. The third-order valence-corrected chi connectivity index (χ3v) is 2.82. The van der Waals surface area contributed by atoms with Crippen molar-refractivity contribution < 1.29 is 9.13 Å². The van der Waals surface area contributed by atoms with Crippen LogP contribution in [0.4, 0.5) is 4.39 Å². The van der Waals surface area contributed by atoms with Crippen LogP contribution in [0.2, 0.25) is 0 Å². The van der Waals surface area contributed by atoms with Gasteiger partial charge in [0.2, 0.25) is 0 Å². The van der Waals surface area contributed by atoms with E-state index in [1.54, 1.807) is 6.07 Å². The number of methoxy groups -OCH3 is 1. The zero-order chi connectivity index (χ0) is 12.8. The second-order valence-corrected chi connectivity index (χ2v) is 4.16. The average molecular weight is 379 g/mol. The van der Waals surface area contributed by atoms with Gasteiger partial charge < -0.3 is 15.4 Å². The lowest BCUT2D eigenvalue weighted by atomic mass is 10.1. The van der Waals surface area contributed by atoms with Crippen molar-refractivity contribution in [2.24, 2.45) is 4.99 Å². The molecule has 0 bridgehead atoms. The highest BCUT2D eigenvalue weighted by atomic mass is 127. The number of nitrogens with zero attached hydrogens (tertiary/aromatic N) is 1. The van der Waals surface area contributed by atoms with Gasteiger partial charge in [0, 0.05) is 19.6 Å². The first kappa shape index (κ1) is 16.0. The van der Waals surface area contributed by atoms with Crippen LogP contribution in [0.25, 0.3) is 0 Å². The fraction of sp³-hybridized carbons (Fsp3) is 0.462. The van der Waals surface area contributed by atoms with Gasteiger partial charge >= 0.3 is 0 Å². The largest absolute Gasteiger partial charge is 0.494 e. The van der Waals surface area contributed by atoms with Crippen molar-refractivity contribution in [2.45, 2.75) is 12.8 Å². The molecule has 0 saturated heterocycles. The van der Waals surface area contributed by atoms with E-state index >= 15 is 0 Å². The molecule has 4 nitrogen and oxygen atoms in total. The lowest BCUT2D eigenvalue weighted by molar-refractivity contribution is 0.386. The second-order valence-electron chi connectivity index (χ2n) is 4.16. The Morgan fingerprint density at radius 1 is 1.47 bits per heavy atom. The zero-order valence-electron chi connectivity index (χ0n) is 10.9. The summed E-state index contributed by atoms with van der Waals surface area (Å²) in [6, 6.07) is 5.04. The summed E-state index contributed by atoms with van der Waals surface area (Å²) in [5.74, 6) is 0.809. The molecule has 1 aromatic rings. The van der Waals surface area contributed by atoms with Crippen molar-refractivity contribution in [3.8, 4) is 5.75 Å². The minimum atomic E-state index is -0.317. The number of rotatable bonds is 4. The van der Waals surface area contributed by atoms with Gasteiger partial charge in [0.15, 0.2) is 17.5 Å². The smallest absolute Gasteiger partial charge is 0.191 e. The molecule has 0 atom stereocenters. The van der Waals surface area contributed by atoms with E-state index in [-0.39, 0.29) is 35.5 Å². The first-order valence-corrected chi connectivity index (χ1v) is 6.14. The number of ether oxygens (including phenoxy) is 1. The highest BCUT2D eigenvalue weighted by Crippen LogP contribution is 2.17. The lowest BCUT2D eigenvalue weighted by Gasteiger charge is -2.15. The first-order valence-electron chi connectivity index (χ1n) is 6.14. The average Bonchev–Trinajstić information content (AvgIpc) is 2.40. The quantitative estimate of drug-likeness (QED) is 0.787. The number of hydrogen-bond donors (Lipinski definition) is 2. The van der Waals surface area contributed by atoms with E-state index < -0.39 is 0 Å². The number of aliphatic imine (C=N–C) groups is 1. The van der Waals surface area contributed by atoms with Crippen LogP contribution in [0.3, 0.4) is 0 Å². The fourth-order valence-corrected chi connectivity index (χ4v) is 1.84. The molecule has 0 aromatic heterocycles. The normalized spacial score (nSPS) is 13.9. The summed E-state index contributed by atoms with van der Waals surface area (Å²) in [5.41, 5.74) is 0.942. The molecule has 0 amide bonds.